The summed E-state index contributed by atoms with van der Waals surface area (Å²) in [5.41, 5.74) is 1.04. The highest BCUT2D eigenvalue weighted by molar-refractivity contribution is 7.98. The Morgan fingerprint density at radius 1 is 1.04 bits per heavy atom. The SMILES string of the molecule is COc1cc(C(=O)N(C)CC(=O)Nc2ccccc2SC)cc(OC)c1OC. The smallest absolute Gasteiger partial charge is 0.254 e. The fraction of sp³-hybridized carbons (Fsp3) is 0.300. The highest BCUT2D eigenvalue weighted by Crippen LogP contribution is 2.38. The molecule has 1 N–H and O–H groups in total. The van der Waals surface area contributed by atoms with Crippen molar-refractivity contribution in [2.24, 2.45) is 0 Å². The number of thioether (sulfide) groups is 1. The van der Waals surface area contributed by atoms with Crippen LogP contribution in [0.1, 0.15) is 10.4 Å². The molecule has 8 heteroatoms. The van der Waals surface area contributed by atoms with Gasteiger partial charge in [0.15, 0.2) is 11.5 Å². The van der Waals surface area contributed by atoms with E-state index in [1.807, 2.05) is 30.5 Å². The summed E-state index contributed by atoms with van der Waals surface area (Å²) < 4.78 is 15.8. The molecule has 2 aromatic rings. The summed E-state index contributed by atoms with van der Waals surface area (Å²) in [7, 11) is 6.01. The quantitative estimate of drug-likeness (QED) is 0.681. The van der Waals surface area contributed by atoms with Crippen LogP contribution in [0.5, 0.6) is 17.2 Å². The number of nitrogens with zero attached hydrogens (tertiary/aromatic N) is 1. The number of hydrogen-bond donors (Lipinski definition) is 1. The van der Waals surface area contributed by atoms with Crippen molar-refractivity contribution in [3.8, 4) is 17.2 Å². The first-order valence-corrected chi connectivity index (χ1v) is 9.66. The van der Waals surface area contributed by atoms with Gasteiger partial charge in [-0.25, -0.2) is 0 Å². The molecule has 0 heterocycles. The zero-order valence-corrected chi connectivity index (χ0v) is 17.4. The lowest BCUT2D eigenvalue weighted by atomic mass is 10.1. The lowest BCUT2D eigenvalue weighted by molar-refractivity contribution is -0.116. The third-order valence-corrected chi connectivity index (χ3v) is 4.82. The van der Waals surface area contributed by atoms with Crippen molar-refractivity contribution < 1.29 is 23.8 Å². The molecule has 0 saturated carbocycles. The third kappa shape index (κ3) is 4.89. The number of likely N-dealkylation sites (N-methyl/N-ethyl adjacent to an activating group) is 1. The fourth-order valence-electron chi connectivity index (χ4n) is 2.65. The minimum absolute atomic E-state index is 0.0990. The van der Waals surface area contributed by atoms with Crippen molar-refractivity contribution in [3.05, 3.63) is 42.0 Å². The van der Waals surface area contributed by atoms with Gasteiger partial charge in [0.25, 0.3) is 5.91 Å². The van der Waals surface area contributed by atoms with E-state index in [1.165, 1.54) is 38.0 Å². The van der Waals surface area contributed by atoms with Gasteiger partial charge in [-0.15, -0.1) is 11.8 Å². The number of hydrogen-bond acceptors (Lipinski definition) is 6. The molecule has 0 aliphatic rings. The highest BCUT2D eigenvalue weighted by atomic mass is 32.2. The van der Waals surface area contributed by atoms with Crippen molar-refractivity contribution in [1.82, 2.24) is 4.90 Å². The summed E-state index contributed by atoms with van der Waals surface area (Å²) in [6.45, 7) is -0.0990. The Bertz CT molecular complexity index is 831. The van der Waals surface area contributed by atoms with Gasteiger partial charge < -0.3 is 24.4 Å². The average Bonchev–Trinajstić information content (AvgIpc) is 2.72. The highest BCUT2D eigenvalue weighted by Gasteiger charge is 2.21. The maximum absolute atomic E-state index is 12.8. The molecule has 0 aliphatic heterocycles. The van der Waals surface area contributed by atoms with Gasteiger partial charge in [-0.1, -0.05) is 12.1 Å². The molecular formula is C20H24N2O5S. The van der Waals surface area contributed by atoms with E-state index >= 15 is 0 Å². The van der Waals surface area contributed by atoms with Crippen molar-refractivity contribution in [2.45, 2.75) is 4.90 Å². The molecule has 0 radical (unpaired) electrons. The number of ether oxygens (including phenoxy) is 3. The van der Waals surface area contributed by atoms with E-state index in [1.54, 1.807) is 19.2 Å². The zero-order chi connectivity index (χ0) is 20.7. The summed E-state index contributed by atoms with van der Waals surface area (Å²) in [4.78, 5) is 27.5. The molecule has 2 amide bonds. The van der Waals surface area contributed by atoms with Crippen LogP contribution in [0, 0.1) is 0 Å². The molecule has 0 saturated heterocycles. The Balaban J connectivity index is 2.15. The summed E-state index contributed by atoms with van der Waals surface area (Å²) >= 11 is 1.54. The number of nitrogens with one attached hydrogen (secondary N) is 1. The molecular weight excluding hydrogens is 380 g/mol. The van der Waals surface area contributed by atoms with Gasteiger partial charge in [0.2, 0.25) is 11.7 Å². The number of para-hydroxylation sites is 1. The molecule has 0 unspecified atom stereocenters. The second kappa shape index (κ2) is 9.89. The summed E-state index contributed by atoms with van der Waals surface area (Å²) in [6, 6.07) is 10.6. The van der Waals surface area contributed by atoms with Gasteiger partial charge in [0.05, 0.1) is 33.6 Å². The number of methoxy groups -OCH3 is 3. The first kappa shape index (κ1) is 21.4. The van der Waals surface area contributed by atoms with E-state index in [2.05, 4.69) is 5.32 Å². The van der Waals surface area contributed by atoms with Crippen LogP contribution in [-0.4, -0.2) is 57.9 Å². The molecule has 2 rings (SSSR count). The fourth-order valence-corrected chi connectivity index (χ4v) is 3.20. The van der Waals surface area contributed by atoms with E-state index in [-0.39, 0.29) is 18.4 Å². The van der Waals surface area contributed by atoms with Crippen LogP contribution in [0.4, 0.5) is 5.69 Å². The second-order valence-electron chi connectivity index (χ2n) is 5.82. The van der Waals surface area contributed by atoms with E-state index in [9.17, 15) is 9.59 Å². The standard InChI is InChI=1S/C20H24N2O5S/c1-22(12-18(23)21-14-8-6-7-9-17(14)28-5)20(24)13-10-15(25-2)19(27-4)16(11-13)26-3/h6-11H,12H2,1-5H3,(H,21,23). The Labute approximate surface area is 169 Å². The monoisotopic (exact) mass is 404 g/mol. The van der Waals surface area contributed by atoms with Crippen molar-refractivity contribution >= 4 is 29.3 Å². The van der Waals surface area contributed by atoms with Gasteiger partial charge in [-0.3, -0.25) is 9.59 Å². The molecule has 0 bridgehead atoms. The maximum Gasteiger partial charge on any atom is 0.254 e. The van der Waals surface area contributed by atoms with Crippen LogP contribution < -0.4 is 19.5 Å². The summed E-state index contributed by atoms with van der Waals surface area (Å²) in [5.74, 6) is 0.516. The number of carbonyl (C=O) groups is 2. The number of amides is 2. The predicted octanol–water partition coefficient (Wildman–Crippen LogP) is 3.15. The number of anilines is 1. The van der Waals surface area contributed by atoms with E-state index < -0.39 is 0 Å². The number of benzene rings is 2. The van der Waals surface area contributed by atoms with Crippen LogP contribution in [-0.2, 0) is 4.79 Å². The van der Waals surface area contributed by atoms with Crippen LogP contribution in [0.3, 0.4) is 0 Å². The minimum Gasteiger partial charge on any atom is -0.493 e. The number of rotatable bonds is 8. The average molecular weight is 404 g/mol. The lowest BCUT2D eigenvalue weighted by Gasteiger charge is -2.19. The lowest BCUT2D eigenvalue weighted by Crippen LogP contribution is -2.35. The van der Waals surface area contributed by atoms with Gasteiger partial charge in [-0.2, -0.15) is 0 Å². The topological polar surface area (TPSA) is 77.1 Å². The largest absolute Gasteiger partial charge is 0.493 e. The van der Waals surface area contributed by atoms with Gasteiger partial charge in [0.1, 0.15) is 0 Å². The molecule has 7 nitrogen and oxygen atoms in total. The summed E-state index contributed by atoms with van der Waals surface area (Å²) in [6.07, 6.45) is 1.94. The number of carbonyl (C=O) groups excluding carboxylic acids is 2. The minimum atomic E-state index is -0.340. The van der Waals surface area contributed by atoms with Crippen LogP contribution in [0.2, 0.25) is 0 Å². The van der Waals surface area contributed by atoms with Gasteiger partial charge in [0, 0.05) is 17.5 Å². The van der Waals surface area contributed by atoms with E-state index in [0.717, 1.165) is 4.90 Å². The first-order chi connectivity index (χ1) is 13.4. The molecule has 0 spiro atoms. The molecule has 0 aliphatic carbocycles. The Kier molecular flexibility index (Phi) is 7.57. The van der Waals surface area contributed by atoms with Crippen LogP contribution in [0.25, 0.3) is 0 Å². The van der Waals surface area contributed by atoms with E-state index in [0.29, 0.717) is 28.5 Å². The third-order valence-electron chi connectivity index (χ3n) is 4.02. The molecule has 150 valence electrons. The Morgan fingerprint density at radius 2 is 1.64 bits per heavy atom. The van der Waals surface area contributed by atoms with Crippen molar-refractivity contribution in [2.75, 3.05) is 46.5 Å². The molecule has 0 aromatic heterocycles. The molecule has 0 fully saturated rings. The molecule has 2 aromatic carbocycles. The normalized spacial score (nSPS) is 10.2. The van der Waals surface area contributed by atoms with Crippen LogP contribution >= 0.6 is 11.8 Å². The van der Waals surface area contributed by atoms with Crippen molar-refractivity contribution in [3.63, 3.8) is 0 Å². The summed E-state index contributed by atoms with van der Waals surface area (Å²) in [5, 5.41) is 2.84. The Hall–Kier alpha value is -2.87. The Morgan fingerprint density at radius 3 is 2.18 bits per heavy atom. The predicted molar refractivity (Wildman–Crippen MR) is 110 cm³/mol. The molecule has 28 heavy (non-hydrogen) atoms. The van der Waals surface area contributed by atoms with E-state index in [4.69, 9.17) is 14.2 Å². The van der Waals surface area contributed by atoms with Gasteiger partial charge >= 0.3 is 0 Å². The first-order valence-electron chi connectivity index (χ1n) is 8.43. The second-order valence-corrected chi connectivity index (χ2v) is 6.67. The molecule has 0 atom stereocenters. The maximum atomic E-state index is 12.8. The zero-order valence-electron chi connectivity index (χ0n) is 16.6. The van der Waals surface area contributed by atoms with Crippen molar-refractivity contribution in [1.29, 1.82) is 0 Å². The van der Waals surface area contributed by atoms with Crippen LogP contribution in [0.15, 0.2) is 41.3 Å². The van der Waals surface area contributed by atoms with Gasteiger partial charge in [-0.05, 0) is 30.5 Å².